The number of piperidine rings is 1. The molecule has 1 aromatic carbocycles. The molecule has 34 heavy (non-hydrogen) atoms. The number of pyridine rings is 1. The highest BCUT2D eigenvalue weighted by Gasteiger charge is 2.27. The fourth-order valence-electron chi connectivity index (χ4n) is 5.43. The zero-order valence-corrected chi connectivity index (χ0v) is 19.1. The van der Waals surface area contributed by atoms with Gasteiger partial charge in [0.25, 0.3) is 11.1 Å². The Kier molecular flexibility index (Phi) is 5.58. The summed E-state index contributed by atoms with van der Waals surface area (Å²) in [7, 11) is 0. The molecule has 0 saturated carbocycles. The Labute approximate surface area is 196 Å². The number of benzene rings is 1. The number of rotatable bonds is 5. The van der Waals surface area contributed by atoms with Crippen molar-refractivity contribution in [3.8, 4) is 11.5 Å². The van der Waals surface area contributed by atoms with Gasteiger partial charge >= 0.3 is 0 Å². The van der Waals surface area contributed by atoms with Crippen LogP contribution in [-0.4, -0.2) is 57.9 Å². The topological polar surface area (TPSA) is 90.6 Å². The monoisotopic (exact) mass is 463 g/mol. The van der Waals surface area contributed by atoms with E-state index >= 15 is 0 Å². The highest BCUT2D eigenvalue weighted by molar-refractivity contribution is 5.70. The smallest absolute Gasteiger partial charge is 0.270 e. The third-order valence-corrected chi connectivity index (χ3v) is 7.22. The maximum Gasteiger partial charge on any atom is 0.270 e. The van der Waals surface area contributed by atoms with Crippen LogP contribution in [0.1, 0.15) is 30.9 Å². The molecule has 0 amide bonds. The van der Waals surface area contributed by atoms with Gasteiger partial charge < -0.3 is 19.7 Å². The lowest BCUT2D eigenvalue weighted by molar-refractivity contribution is 0.163. The Morgan fingerprint density at radius 3 is 2.62 bits per heavy atom. The van der Waals surface area contributed by atoms with E-state index in [-0.39, 0.29) is 17.2 Å². The molecule has 3 aliphatic heterocycles. The number of hydrogen-bond donors (Lipinski definition) is 1. The summed E-state index contributed by atoms with van der Waals surface area (Å²) in [6.45, 7) is 5.43. The summed E-state index contributed by atoms with van der Waals surface area (Å²) in [5.74, 6) is 1.65. The minimum absolute atomic E-state index is 0.0574. The second kappa shape index (κ2) is 8.88. The van der Waals surface area contributed by atoms with Gasteiger partial charge in [0.15, 0.2) is 11.5 Å². The normalized spacial score (nSPS) is 20.5. The van der Waals surface area contributed by atoms with Crippen LogP contribution in [0.4, 0.5) is 0 Å². The Balaban J connectivity index is 1.08. The van der Waals surface area contributed by atoms with Gasteiger partial charge in [0, 0.05) is 31.7 Å². The molecule has 3 aliphatic rings. The Morgan fingerprint density at radius 1 is 0.941 bits per heavy atom. The largest absolute Gasteiger partial charge is 0.486 e. The maximum atomic E-state index is 12.7. The van der Waals surface area contributed by atoms with Gasteiger partial charge in [0.2, 0.25) is 0 Å². The van der Waals surface area contributed by atoms with Crippen LogP contribution in [0.5, 0.6) is 11.5 Å². The van der Waals surface area contributed by atoms with Gasteiger partial charge in [-0.25, -0.2) is 4.98 Å². The molecule has 178 valence electrons. The number of ether oxygens (including phenoxy) is 2. The number of hydrogen-bond acceptors (Lipinski definition) is 7. The van der Waals surface area contributed by atoms with Gasteiger partial charge in [-0.15, -0.1) is 0 Å². The number of nitrogens with zero attached hydrogens (tertiary/aromatic N) is 4. The summed E-state index contributed by atoms with van der Waals surface area (Å²) in [5.41, 5.74) is 2.35. The predicted molar refractivity (Wildman–Crippen MR) is 128 cm³/mol. The Morgan fingerprint density at radius 2 is 1.76 bits per heavy atom. The molecule has 0 radical (unpaired) electrons. The standard InChI is InChI=1S/C25H29N5O4/c31-23-4-2-20-25-29(24(32)15-27-20)10-7-19(30(23)25)16-28-8-5-18(6-9-28)26-14-17-1-3-21-22(13-17)34-12-11-33-21/h1-4,13,15,18-19,26H,5-12,14,16H2. The van der Waals surface area contributed by atoms with Crippen LogP contribution < -0.4 is 25.9 Å². The molecule has 1 fully saturated rings. The van der Waals surface area contributed by atoms with Crippen molar-refractivity contribution in [1.29, 1.82) is 0 Å². The molecule has 5 heterocycles. The van der Waals surface area contributed by atoms with E-state index < -0.39 is 0 Å². The van der Waals surface area contributed by atoms with Gasteiger partial charge in [-0.05, 0) is 56.1 Å². The predicted octanol–water partition coefficient (Wildman–Crippen LogP) is 1.53. The third-order valence-electron chi connectivity index (χ3n) is 7.22. The molecule has 1 atom stereocenters. The molecule has 6 rings (SSSR count). The fraction of sp³-hybridized carbons (Fsp3) is 0.480. The lowest BCUT2D eigenvalue weighted by Crippen LogP contribution is -2.46. The Bertz CT molecular complexity index is 1320. The van der Waals surface area contributed by atoms with E-state index in [0.29, 0.717) is 37.0 Å². The van der Waals surface area contributed by atoms with Crippen LogP contribution in [0, 0.1) is 0 Å². The van der Waals surface area contributed by atoms with Crippen LogP contribution in [0.15, 0.2) is 46.1 Å². The number of fused-ring (bicyclic) bond motifs is 1. The van der Waals surface area contributed by atoms with Crippen molar-refractivity contribution in [3.05, 3.63) is 62.8 Å². The van der Waals surface area contributed by atoms with Crippen molar-refractivity contribution in [2.75, 3.05) is 32.8 Å². The number of nitrogens with one attached hydrogen (secondary N) is 1. The van der Waals surface area contributed by atoms with Crippen LogP contribution >= 0.6 is 0 Å². The maximum absolute atomic E-state index is 12.7. The second-order valence-electron chi connectivity index (χ2n) is 9.37. The third kappa shape index (κ3) is 3.99. The first-order valence-corrected chi connectivity index (χ1v) is 12.1. The second-order valence-corrected chi connectivity index (χ2v) is 9.37. The summed E-state index contributed by atoms with van der Waals surface area (Å²) in [6, 6.07) is 9.95. The molecular weight excluding hydrogens is 434 g/mol. The average molecular weight is 464 g/mol. The summed E-state index contributed by atoms with van der Waals surface area (Å²) in [6.07, 6.45) is 4.25. The minimum Gasteiger partial charge on any atom is -0.486 e. The lowest BCUT2D eigenvalue weighted by Gasteiger charge is -2.37. The Hall–Kier alpha value is -3.17. The zero-order valence-electron chi connectivity index (χ0n) is 19.1. The van der Waals surface area contributed by atoms with E-state index in [1.54, 1.807) is 21.3 Å². The molecule has 0 aliphatic carbocycles. The average Bonchev–Trinajstić information content (AvgIpc) is 2.87. The van der Waals surface area contributed by atoms with Crippen LogP contribution in [0.3, 0.4) is 0 Å². The van der Waals surface area contributed by atoms with E-state index in [0.717, 1.165) is 56.9 Å². The van der Waals surface area contributed by atoms with E-state index in [9.17, 15) is 9.59 Å². The lowest BCUT2D eigenvalue weighted by atomic mass is 10.0. The van der Waals surface area contributed by atoms with Gasteiger partial charge in [-0.2, -0.15) is 0 Å². The molecule has 3 aromatic rings. The SMILES string of the molecule is O=c1cnc2ccc(=O)n3c2n1CCC3CN1CCC(NCc2ccc3c(c2)OCCO3)CC1. The van der Waals surface area contributed by atoms with E-state index in [1.165, 1.54) is 11.8 Å². The van der Waals surface area contributed by atoms with Gasteiger partial charge in [-0.3, -0.25) is 18.7 Å². The molecule has 0 spiro atoms. The van der Waals surface area contributed by atoms with Crippen molar-refractivity contribution in [1.82, 2.24) is 24.3 Å². The van der Waals surface area contributed by atoms with Crippen LogP contribution in [0.2, 0.25) is 0 Å². The van der Waals surface area contributed by atoms with E-state index in [2.05, 4.69) is 27.3 Å². The van der Waals surface area contributed by atoms with Crippen molar-refractivity contribution in [2.24, 2.45) is 0 Å². The van der Waals surface area contributed by atoms with Crippen molar-refractivity contribution >= 4 is 11.2 Å². The molecule has 9 heteroatoms. The van der Waals surface area contributed by atoms with E-state index in [4.69, 9.17) is 9.47 Å². The fourth-order valence-corrected chi connectivity index (χ4v) is 5.43. The number of likely N-dealkylation sites (tertiary alicyclic amines) is 1. The molecule has 9 nitrogen and oxygen atoms in total. The highest BCUT2D eigenvalue weighted by atomic mass is 16.6. The van der Waals surface area contributed by atoms with Crippen molar-refractivity contribution in [2.45, 2.75) is 44.4 Å². The highest BCUT2D eigenvalue weighted by Crippen LogP contribution is 2.31. The molecule has 1 unspecified atom stereocenters. The first-order chi connectivity index (χ1) is 16.7. The minimum atomic E-state index is -0.143. The van der Waals surface area contributed by atoms with Gasteiger partial charge in [0.05, 0.1) is 12.2 Å². The van der Waals surface area contributed by atoms with Crippen LogP contribution in [0.25, 0.3) is 11.2 Å². The first-order valence-electron chi connectivity index (χ1n) is 12.1. The quantitative estimate of drug-likeness (QED) is 0.614. The zero-order chi connectivity index (χ0) is 23.1. The summed E-state index contributed by atoms with van der Waals surface area (Å²) < 4.78 is 14.8. The summed E-state index contributed by atoms with van der Waals surface area (Å²) in [4.78, 5) is 31.7. The van der Waals surface area contributed by atoms with Crippen LogP contribution in [-0.2, 0) is 13.1 Å². The number of aryl methyl sites for hydroxylation is 1. The van der Waals surface area contributed by atoms with Crippen molar-refractivity contribution < 1.29 is 9.47 Å². The first kappa shape index (κ1) is 21.4. The van der Waals surface area contributed by atoms with E-state index in [1.807, 2.05) is 6.07 Å². The number of aromatic nitrogens is 3. The van der Waals surface area contributed by atoms with Crippen molar-refractivity contribution in [3.63, 3.8) is 0 Å². The summed E-state index contributed by atoms with van der Waals surface area (Å²) >= 11 is 0. The molecule has 0 bridgehead atoms. The summed E-state index contributed by atoms with van der Waals surface area (Å²) in [5, 5.41) is 3.69. The molecule has 2 aromatic heterocycles. The molecule has 1 N–H and O–H groups in total. The molecular formula is C25H29N5O4. The van der Waals surface area contributed by atoms with Gasteiger partial charge in [-0.1, -0.05) is 6.07 Å². The molecule has 1 saturated heterocycles. The van der Waals surface area contributed by atoms with Gasteiger partial charge in [0.1, 0.15) is 24.4 Å².